The van der Waals surface area contributed by atoms with E-state index in [9.17, 15) is 0 Å². The molecule has 1 N–H and O–H groups in total. The molecule has 4 nitrogen and oxygen atoms in total. The number of aryl methyl sites for hydroxylation is 2. The van der Waals surface area contributed by atoms with Crippen LogP contribution in [-0.2, 0) is 12.8 Å². The van der Waals surface area contributed by atoms with E-state index in [1.165, 1.54) is 0 Å². The van der Waals surface area contributed by atoms with Gasteiger partial charge in [0.15, 0.2) is 0 Å². The summed E-state index contributed by atoms with van der Waals surface area (Å²) in [5.74, 6) is 0.912. The van der Waals surface area contributed by atoms with Crippen LogP contribution in [0.1, 0.15) is 32.2 Å². The molecule has 1 aromatic rings. The highest BCUT2D eigenvalue weighted by Gasteiger charge is 2.18. The van der Waals surface area contributed by atoms with Gasteiger partial charge in [0, 0.05) is 37.1 Å². The Kier molecular flexibility index (Phi) is 3.94. The largest absolute Gasteiger partial charge is 0.338 e. The monoisotopic (exact) mass is 234 g/mol. The zero-order valence-electron chi connectivity index (χ0n) is 11.0. The van der Waals surface area contributed by atoms with Gasteiger partial charge in [0.2, 0.25) is 5.95 Å². The number of hydrogen-bond acceptors (Lipinski definition) is 4. The van der Waals surface area contributed by atoms with Crippen LogP contribution in [0.2, 0.25) is 0 Å². The van der Waals surface area contributed by atoms with Crippen molar-refractivity contribution in [2.24, 2.45) is 0 Å². The van der Waals surface area contributed by atoms with Gasteiger partial charge >= 0.3 is 0 Å². The maximum absolute atomic E-state index is 4.64. The van der Waals surface area contributed by atoms with Crippen molar-refractivity contribution in [1.29, 1.82) is 0 Å². The van der Waals surface area contributed by atoms with Gasteiger partial charge in [-0.1, -0.05) is 13.8 Å². The lowest BCUT2D eigenvalue weighted by molar-refractivity contribution is 0.478. The van der Waals surface area contributed by atoms with Crippen LogP contribution >= 0.6 is 0 Å². The smallest absolute Gasteiger partial charge is 0.225 e. The number of rotatable bonds is 3. The first kappa shape index (κ1) is 12.3. The number of hydrogen-bond donors (Lipinski definition) is 1. The SMILES string of the molecule is CCc1cc(CC)nc(N2CCN[C@@H](C)C2)n1. The lowest BCUT2D eigenvalue weighted by atomic mass is 10.2. The van der Waals surface area contributed by atoms with Gasteiger partial charge in [-0.3, -0.25) is 0 Å². The average molecular weight is 234 g/mol. The summed E-state index contributed by atoms with van der Waals surface area (Å²) in [5.41, 5.74) is 2.30. The highest BCUT2D eigenvalue weighted by atomic mass is 15.3. The van der Waals surface area contributed by atoms with Gasteiger partial charge in [-0.25, -0.2) is 9.97 Å². The summed E-state index contributed by atoms with van der Waals surface area (Å²) in [6, 6.07) is 2.64. The Morgan fingerprint density at radius 2 is 1.94 bits per heavy atom. The molecular formula is C13H22N4. The van der Waals surface area contributed by atoms with Gasteiger partial charge in [-0.05, 0) is 25.8 Å². The maximum atomic E-state index is 4.64. The molecular weight excluding hydrogens is 212 g/mol. The van der Waals surface area contributed by atoms with Crippen LogP contribution in [-0.4, -0.2) is 35.6 Å². The average Bonchev–Trinajstić information content (AvgIpc) is 2.38. The van der Waals surface area contributed by atoms with Crippen molar-refractivity contribution in [3.63, 3.8) is 0 Å². The van der Waals surface area contributed by atoms with E-state index in [-0.39, 0.29) is 0 Å². The third kappa shape index (κ3) is 2.94. The van der Waals surface area contributed by atoms with Crippen molar-refractivity contribution >= 4 is 5.95 Å². The lowest BCUT2D eigenvalue weighted by Crippen LogP contribution is -2.50. The van der Waals surface area contributed by atoms with E-state index in [0.717, 1.165) is 49.8 Å². The standard InChI is InChI=1S/C13H22N4/c1-4-11-8-12(5-2)16-13(15-11)17-7-6-14-10(3)9-17/h8,10,14H,4-7,9H2,1-3H3/t10-/m0/s1. The lowest BCUT2D eigenvalue weighted by Gasteiger charge is -2.32. The molecule has 0 bridgehead atoms. The predicted molar refractivity (Wildman–Crippen MR) is 70.5 cm³/mol. The molecule has 0 saturated carbocycles. The minimum atomic E-state index is 0.516. The van der Waals surface area contributed by atoms with E-state index in [2.05, 4.69) is 47.0 Å². The third-order valence-electron chi connectivity index (χ3n) is 3.20. The van der Waals surface area contributed by atoms with Gasteiger partial charge in [-0.15, -0.1) is 0 Å². The summed E-state index contributed by atoms with van der Waals surface area (Å²) in [6.07, 6.45) is 1.95. The fourth-order valence-corrected chi connectivity index (χ4v) is 2.16. The topological polar surface area (TPSA) is 41.1 Å². The van der Waals surface area contributed by atoms with E-state index in [4.69, 9.17) is 0 Å². The number of piperazine rings is 1. The van der Waals surface area contributed by atoms with Crippen molar-refractivity contribution in [3.05, 3.63) is 17.5 Å². The Hall–Kier alpha value is -1.16. The minimum absolute atomic E-state index is 0.516. The molecule has 0 amide bonds. The summed E-state index contributed by atoms with van der Waals surface area (Å²) in [7, 11) is 0. The molecule has 94 valence electrons. The zero-order chi connectivity index (χ0) is 12.3. The summed E-state index contributed by atoms with van der Waals surface area (Å²) in [5, 5.41) is 3.44. The van der Waals surface area contributed by atoms with Crippen LogP contribution in [0.4, 0.5) is 5.95 Å². The summed E-state index contributed by atoms with van der Waals surface area (Å²) >= 11 is 0. The van der Waals surface area contributed by atoms with Crippen molar-refractivity contribution in [2.75, 3.05) is 24.5 Å². The molecule has 1 atom stereocenters. The first-order valence-electron chi connectivity index (χ1n) is 6.58. The fourth-order valence-electron chi connectivity index (χ4n) is 2.16. The van der Waals surface area contributed by atoms with E-state index in [0.29, 0.717) is 6.04 Å². The normalized spacial score (nSPS) is 20.6. The van der Waals surface area contributed by atoms with Crippen LogP contribution in [0.3, 0.4) is 0 Å². The summed E-state index contributed by atoms with van der Waals surface area (Å²) < 4.78 is 0. The Morgan fingerprint density at radius 3 is 2.47 bits per heavy atom. The molecule has 1 aliphatic rings. The molecule has 0 aromatic carbocycles. The molecule has 1 aliphatic heterocycles. The van der Waals surface area contributed by atoms with E-state index in [1.807, 2.05) is 0 Å². The highest BCUT2D eigenvalue weighted by Crippen LogP contribution is 2.13. The molecule has 1 aromatic heterocycles. The second kappa shape index (κ2) is 5.45. The molecule has 17 heavy (non-hydrogen) atoms. The number of nitrogens with one attached hydrogen (secondary N) is 1. The molecule has 1 saturated heterocycles. The second-order valence-electron chi connectivity index (χ2n) is 4.66. The second-order valence-corrected chi connectivity index (χ2v) is 4.66. The first-order chi connectivity index (χ1) is 8.22. The molecule has 2 heterocycles. The first-order valence-corrected chi connectivity index (χ1v) is 6.58. The van der Waals surface area contributed by atoms with Crippen molar-refractivity contribution < 1.29 is 0 Å². The van der Waals surface area contributed by atoms with E-state index >= 15 is 0 Å². The molecule has 0 spiro atoms. The molecule has 0 radical (unpaired) electrons. The van der Waals surface area contributed by atoms with E-state index < -0.39 is 0 Å². The number of anilines is 1. The highest BCUT2D eigenvalue weighted by molar-refractivity contribution is 5.34. The molecule has 2 rings (SSSR count). The van der Waals surface area contributed by atoms with Crippen LogP contribution in [0.5, 0.6) is 0 Å². The van der Waals surface area contributed by atoms with Crippen LogP contribution in [0, 0.1) is 0 Å². The number of nitrogens with zero attached hydrogens (tertiary/aromatic N) is 3. The zero-order valence-corrected chi connectivity index (χ0v) is 11.0. The summed E-state index contributed by atoms with van der Waals surface area (Å²) in [6.45, 7) is 9.51. The van der Waals surface area contributed by atoms with Gasteiger partial charge in [0.25, 0.3) is 0 Å². The maximum Gasteiger partial charge on any atom is 0.225 e. The fraction of sp³-hybridized carbons (Fsp3) is 0.692. The van der Waals surface area contributed by atoms with Gasteiger partial charge in [0.05, 0.1) is 0 Å². The Labute approximate surface area is 103 Å². The quantitative estimate of drug-likeness (QED) is 0.858. The van der Waals surface area contributed by atoms with Crippen LogP contribution in [0.25, 0.3) is 0 Å². The Bertz CT molecular complexity index is 355. The summed E-state index contributed by atoms with van der Waals surface area (Å²) in [4.78, 5) is 11.6. The Balaban J connectivity index is 2.23. The van der Waals surface area contributed by atoms with Crippen molar-refractivity contribution in [1.82, 2.24) is 15.3 Å². The van der Waals surface area contributed by atoms with Crippen LogP contribution < -0.4 is 10.2 Å². The Morgan fingerprint density at radius 1 is 1.29 bits per heavy atom. The number of aromatic nitrogens is 2. The predicted octanol–water partition coefficient (Wildman–Crippen LogP) is 1.40. The van der Waals surface area contributed by atoms with Crippen molar-refractivity contribution in [2.45, 2.75) is 39.7 Å². The van der Waals surface area contributed by atoms with Gasteiger partial charge in [-0.2, -0.15) is 0 Å². The molecule has 0 unspecified atom stereocenters. The molecule has 0 aliphatic carbocycles. The van der Waals surface area contributed by atoms with Gasteiger partial charge in [0.1, 0.15) is 0 Å². The van der Waals surface area contributed by atoms with E-state index in [1.54, 1.807) is 0 Å². The van der Waals surface area contributed by atoms with Gasteiger partial charge < -0.3 is 10.2 Å². The minimum Gasteiger partial charge on any atom is -0.338 e. The molecule has 4 heteroatoms. The van der Waals surface area contributed by atoms with Crippen molar-refractivity contribution in [3.8, 4) is 0 Å². The van der Waals surface area contributed by atoms with Crippen LogP contribution in [0.15, 0.2) is 6.07 Å². The molecule has 1 fully saturated rings. The third-order valence-corrected chi connectivity index (χ3v) is 3.20.